The third-order valence-electron chi connectivity index (χ3n) is 6.23. The molecular weight excluding hydrogens is 420 g/mol. The minimum atomic E-state index is -0.816. The minimum Gasteiger partial charge on any atom is -0.394 e. The summed E-state index contributed by atoms with van der Waals surface area (Å²) in [5, 5.41) is 26.6. The topological polar surface area (TPSA) is 105 Å². The van der Waals surface area contributed by atoms with E-state index in [4.69, 9.17) is 9.84 Å². The second-order valence-electron chi connectivity index (χ2n) is 8.38. The van der Waals surface area contributed by atoms with E-state index in [2.05, 4.69) is 65.6 Å². The number of aromatic nitrogens is 2. The van der Waals surface area contributed by atoms with E-state index in [0.717, 1.165) is 0 Å². The first kappa shape index (κ1) is 21.3. The number of ether oxygens (including phenoxy) is 1. The van der Waals surface area contributed by atoms with Crippen LogP contribution in [0.2, 0.25) is 0 Å². The maximum absolute atomic E-state index is 11.6. The van der Waals surface area contributed by atoms with Crippen molar-refractivity contribution in [2.24, 2.45) is 0 Å². The molecule has 7 heteroatoms. The van der Waals surface area contributed by atoms with Crippen molar-refractivity contribution in [2.45, 2.75) is 31.8 Å². The largest absolute Gasteiger partial charge is 0.394 e. The number of benzene rings is 4. The number of rotatable bonds is 2. The number of aryl methyl sites for hydroxylation is 1. The lowest BCUT2D eigenvalue weighted by atomic mass is 9.95. The third kappa shape index (κ3) is 3.80. The van der Waals surface area contributed by atoms with Crippen molar-refractivity contribution in [3.8, 4) is 0 Å². The summed E-state index contributed by atoms with van der Waals surface area (Å²) >= 11 is 0. The van der Waals surface area contributed by atoms with Crippen LogP contribution < -0.4 is 11.2 Å². The molecule has 1 aliphatic heterocycles. The van der Waals surface area contributed by atoms with E-state index in [-0.39, 0.29) is 13.0 Å². The zero-order chi connectivity index (χ0) is 23.1. The fraction of sp³-hybridized carbons (Fsp3) is 0.231. The maximum atomic E-state index is 11.6. The summed E-state index contributed by atoms with van der Waals surface area (Å²) in [5.41, 5.74) is -0.643. The Bertz CT molecular complexity index is 1420. The highest BCUT2D eigenvalue weighted by Gasteiger charge is 2.34. The summed E-state index contributed by atoms with van der Waals surface area (Å²) in [6.45, 7) is 1.26. The Morgan fingerprint density at radius 1 is 0.939 bits per heavy atom. The second-order valence-corrected chi connectivity index (χ2v) is 8.38. The lowest BCUT2D eigenvalue weighted by molar-refractivity contribution is -0.0459. The summed E-state index contributed by atoms with van der Waals surface area (Å²) in [6, 6.07) is 21.9. The van der Waals surface area contributed by atoms with Crippen LogP contribution in [-0.2, 0) is 4.74 Å². The van der Waals surface area contributed by atoms with E-state index in [1.807, 2.05) is 0 Å². The van der Waals surface area contributed by atoms with Crippen LogP contribution in [0, 0.1) is 6.92 Å². The number of hydrogen-bond donors (Lipinski definition) is 3. The van der Waals surface area contributed by atoms with Gasteiger partial charge in [0.05, 0.1) is 12.7 Å². The quantitative estimate of drug-likeness (QED) is 0.363. The van der Waals surface area contributed by atoms with Crippen molar-refractivity contribution < 1.29 is 14.9 Å². The number of aliphatic hydroxyl groups excluding tert-OH is 2. The maximum Gasteiger partial charge on any atom is 0.330 e. The molecule has 1 fully saturated rings. The summed E-state index contributed by atoms with van der Waals surface area (Å²) in [6.07, 6.45) is -0.581. The van der Waals surface area contributed by atoms with Gasteiger partial charge in [-0.2, -0.15) is 0 Å². The number of H-pyrrole nitrogens is 1. The van der Waals surface area contributed by atoms with Crippen molar-refractivity contribution in [3.63, 3.8) is 0 Å². The number of nitrogens with one attached hydrogen (secondary N) is 1. The lowest BCUT2D eigenvalue weighted by Crippen LogP contribution is -2.33. The first-order valence-electron chi connectivity index (χ1n) is 10.9. The number of hydrogen-bond acceptors (Lipinski definition) is 5. The highest BCUT2D eigenvalue weighted by Crippen LogP contribution is 2.33. The molecule has 2 heterocycles. The Labute approximate surface area is 188 Å². The second kappa shape index (κ2) is 8.44. The lowest BCUT2D eigenvalue weighted by Gasteiger charge is -2.14. The van der Waals surface area contributed by atoms with Gasteiger partial charge in [-0.3, -0.25) is 14.3 Å². The van der Waals surface area contributed by atoms with Crippen molar-refractivity contribution in [1.29, 1.82) is 0 Å². The van der Waals surface area contributed by atoms with Gasteiger partial charge in [0, 0.05) is 18.2 Å². The number of nitrogens with zero attached hydrogens (tertiary/aromatic N) is 1. The van der Waals surface area contributed by atoms with E-state index in [0.29, 0.717) is 5.56 Å². The van der Waals surface area contributed by atoms with Crippen molar-refractivity contribution in [1.82, 2.24) is 9.55 Å². The van der Waals surface area contributed by atoms with Crippen LogP contribution in [0.3, 0.4) is 0 Å². The molecular formula is C26H24N2O5. The van der Waals surface area contributed by atoms with Crippen molar-refractivity contribution >= 4 is 32.3 Å². The Hall–Kier alpha value is -3.52. The van der Waals surface area contributed by atoms with E-state index in [9.17, 15) is 14.7 Å². The van der Waals surface area contributed by atoms with Crippen LogP contribution in [0.25, 0.3) is 32.3 Å². The molecule has 1 saturated heterocycles. The molecule has 0 unspecified atom stereocenters. The highest BCUT2D eigenvalue weighted by atomic mass is 16.5. The van der Waals surface area contributed by atoms with Gasteiger partial charge in [0.25, 0.3) is 5.56 Å². The van der Waals surface area contributed by atoms with E-state index < -0.39 is 29.7 Å². The minimum absolute atomic E-state index is 0.205. The Morgan fingerprint density at radius 2 is 1.45 bits per heavy atom. The average Bonchev–Trinajstić information content (AvgIpc) is 3.21. The van der Waals surface area contributed by atoms with Crippen LogP contribution >= 0.6 is 0 Å². The molecule has 0 aliphatic carbocycles. The van der Waals surface area contributed by atoms with Crippen molar-refractivity contribution in [3.05, 3.63) is 93.3 Å². The van der Waals surface area contributed by atoms with Crippen LogP contribution in [0.4, 0.5) is 0 Å². The monoisotopic (exact) mass is 444 g/mol. The Balaban J connectivity index is 0.000000138. The van der Waals surface area contributed by atoms with Gasteiger partial charge in [-0.15, -0.1) is 0 Å². The summed E-state index contributed by atoms with van der Waals surface area (Å²) in [5.74, 6) is 0. The Morgan fingerprint density at radius 3 is 1.91 bits per heavy atom. The van der Waals surface area contributed by atoms with Gasteiger partial charge in [0.2, 0.25) is 0 Å². The molecule has 3 N–H and O–H groups in total. The molecule has 0 spiro atoms. The predicted molar refractivity (Wildman–Crippen MR) is 128 cm³/mol. The zero-order valence-corrected chi connectivity index (χ0v) is 18.1. The first-order chi connectivity index (χ1) is 16.0. The van der Waals surface area contributed by atoms with Crippen LogP contribution in [-0.4, -0.2) is 38.6 Å². The van der Waals surface area contributed by atoms with Gasteiger partial charge >= 0.3 is 5.69 Å². The first-order valence-corrected chi connectivity index (χ1v) is 10.9. The third-order valence-corrected chi connectivity index (χ3v) is 6.23. The molecule has 5 aromatic rings. The predicted octanol–water partition coefficient (Wildman–Crippen LogP) is 3.07. The summed E-state index contributed by atoms with van der Waals surface area (Å²) in [4.78, 5) is 24.9. The van der Waals surface area contributed by atoms with Crippen LogP contribution in [0.5, 0.6) is 0 Å². The molecule has 168 valence electrons. The van der Waals surface area contributed by atoms with Gasteiger partial charge in [0.15, 0.2) is 0 Å². The zero-order valence-electron chi connectivity index (χ0n) is 18.1. The number of aliphatic hydroxyl groups is 2. The molecule has 0 amide bonds. The van der Waals surface area contributed by atoms with Gasteiger partial charge in [-0.1, -0.05) is 60.7 Å². The molecule has 1 aromatic heterocycles. The van der Waals surface area contributed by atoms with E-state index in [1.165, 1.54) is 43.1 Å². The van der Waals surface area contributed by atoms with Gasteiger partial charge in [-0.05, 0) is 39.2 Å². The number of aromatic amines is 1. The molecule has 33 heavy (non-hydrogen) atoms. The van der Waals surface area contributed by atoms with E-state index >= 15 is 0 Å². The normalized spacial score (nSPS) is 20.4. The average molecular weight is 444 g/mol. The van der Waals surface area contributed by atoms with Crippen molar-refractivity contribution in [2.75, 3.05) is 6.61 Å². The molecule has 0 radical (unpaired) electrons. The molecule has 3 atom stereocenters. The fourth-order valence-corrected chi connectivity index (χ4v) is 4.52. The molecule has 0 saturated carbocycles. The molecule has 4 aromatic carbocycles. The molecule has 6 rings (SSSR count). The Kier molecular flexibility index (Phi) is 5.46. The van der Waals surface area contributed by atoms with Crippen LogP contribution in [0.15, 0.2) is 76.4 Å². The van der Waals surface area contributed by atoms with Crippen LogP contribution in [0.1, 0.15) is 18.2 Å². The molecule has 7 nitrogen and oxygen atoms in total. The molecule has 1 aliphatic rings. The van der Waals surface area contributed by atoms with Gasteiger partial charge in [0.1, 0.15) is 12.3 Å². The van der Waals surface area contributed by atoms with Gasteiger partial charge in [-0.25, -0.2) is 4.79 Å². The smallest absolute Gasteiger partial charge is 0.330 e. The summed E-state index contributed by atoms with van der Waals surface area (Å²) < 4.78 is 6.54. The molecule has 0 bridgehead atoms. The highest BCUT2D eigenvalue weighted by molar-refractivity contribution is 6.22. The SMILES string of the molecule is Cc1cn([C@H]2C[C@H](O)[C@@H](CO)O2)c(=O)[nH]c1=O.c1cc2ccc3cccc4ccc(c1)c2c34. The summed E-state index contributed by atoms with van der Waals surface area (Å²) in [7, 11) is 0. The fourth-order valence-electron chi connectivity index (χ4n) is 4.52. The van der Waals surface area contributed by atoms with Gasteiger partial charge < -0.3 is 14.9 Å². The van der Waals surface area contributed by atoms with E-state index in [1.54, 1.807) is 6.92 Å². The standard InChI is InChI=1S/C16H10.C10H14N2O5/c1-3-11-7-9-13-5-2-6-14-10-8-12(4-1)15(11)16(13)14;1-5-3-12(10(16)11-9(5)15)8-2-6(14)7(4-13)17-8/h1-10H;3,6-8,13-14H,2,4H2,1H3,(H,11,15,16)/t;6-,7+,8+/m.0/s1.